The number of hydrogen-bond donors (Lipinski definition) is 4. The lowest BCUT2D eigenvalue weighted by atomic mass is 10.1. The van der Waals surface area contributed by atoms with Gasteiger partial charge in [0.25, 0.3) is 5.91 Å². The topological polar surface area (TPSA) is 124 Å². The number of anilines is 2. The SMILES string of the molecule is O=C(Nc1ccc(OC(F)(F)Cl)cc1)c1cnc(N2C[C@H](O)[C@@H](O)C2)c(-c2ccn[nH]2)c1. The van der Waals surface area contributed by atoms with E-state index in [2.05, 4.69) is 25.2 Å². The maximum Gasteiger partial charge on any atom is 0.487 e. The number of β-amino-alcohol motifs (C(OH)–C–C–N with tert-alkyl or cyclic N) is 2. The molecule has 2 atom stereocenters. The van der Waals surface area contributed by atoms with Gasteiger partial charge in [-0.05, 0) is 36.4 Å². The summed E-state index contributed by atoms with van der Waals surface area (Å²) in [6, 6.07) is 8.58. The van der Waals surface area contributed by atoms with Gasteiger partial charge in [0.05, 0.1) is 23.5 Å². The van der Waals surface area contributed by atoms with Gasteiger partial charge in [-0.3, -0.25) is 9.89 Å². The zero-order chi connectivity index (χ0) is 22.9. The number of aliphatic hydroxyl groups excluding tert-OH is 2. The third-order valence-electron chi connectivity index (χ3n) is 4.82. The fourth-order valence-corrected chi connectivity index (χ4v) is 3.41. The van der Waals surface area contributed by atoms with E-state index in [0.717, 1.165) is 0 Å². The molecule has 1 aliphatic heterocycles. The predicted molar refractivity (Wildman–Crippen MR) is 112 cm³/mol. The number of amides is 1. The van der Waals surface area contributed by atoms with E-state index in [0.29, 0.717) is 22.8 Å². The second-order valence-corrected chi connectivity index (χ2v) is 7.57. The molecule has 3 aromatic rings. The van der Waals surface area contributed by atoms with Gasteiger partial charge in [-0.2, -0.15) is 5.10 Å². The summed E-state index contributed by atoms with van der Waals surface area (Å²) in [4.78, 5) is 18.8. The maximum atomic E-state index is 12.7. The first kappa shape index (κ1) is 21.9. The quantitative estimate of drug-likeness (QED) is 0.412. The molecule has 4 rings (SSSR count). The van der Waals surface area contributed by atoms with E-state index in [-0.39, 0.29) is 24.4 Å². The van der Waals surface area contributed by atoms with Crippen LogP contribution in [0.15, 0.2) is 48.8 Å². The highest BCUT2D eigenvalue weighted by Crippen LogP contribution is 2.31. The molecule has 32 heavy (non-hydrogen) atoms. The fraction of sp³-hybridized carbons (Fsp3) is 0.250. The Balaban J connectivity index is 1.56. The van der Waals surface area contributed by atoms with Crippen LogP contribution in [0.1, 0.15) is 10.4 Å². The molecule has 0 unspecified atom stereocenters. The lowest BCUT2D eigenvalue weighted by Gasteiger charge is -2.20. The lowest BCUT2D eigenvalue weighted by molar-refractivity contribution is -0.0964. The first-order valence-electron chi connectivity index (χ1n) is 9.47. The molecular weight excluding hydrogens is 448 g/mol. The van der Waals surface area contributed by atoms with E-state index >= 15 is 0 Å². The van der Waals surface area contributed by atoms with Crippen molar-refractivity contribution in [1.82, 2.24) is 15.2 Å². The van der Waals surface area contributed by atoms with Crippen molar-refractivity contribution in [2.24, 2.45) is 0 Å². The van der Waals surface area contributed by atoms with Gasteiger partial charge in [0.15, 0.2) is 0 Å². The van der Waals surface area contributed by atoms with Crippen LogP contribution < -0.4 is 15.0 Å². The summed E-state index contributed by atoms with van der Waals surface area (Å²) >= 11 is 4.73. The highest BCUT2D eigenvalue weighted by molar-refractivity contribution is 6.20. The minimum absolute atomic E-state index is 0.162. The van der Waals surface area contributed by atoms with Crippen LogP contribution in [-0.4, -0.2) is 62.2 Å². The Bertz CT molecular complexity index is 1080. The number of aliphatic hydroxyl groups is 2. The number of alkyl halides is 3. The maximum absolute atomic E-state index is 12.7. The molecule has 0 spiro atoms. The molecule has 0 radical (unpaired) electrons. The molecule has 1 saturated heterocycles. The Hall–Kier alpha value is -3.28. The number of carbonyl (C=O) groups excluding carboxylic acids is 1. The monoisotopic (exact) mass is 465 g/mol. The summed E-state index contributed by atoms with van der Waals surface area (Å²) in [5.74, 6) is -0.168. The van der Waals surface area contributed by atoms with Crippen molar-refractivity contribution in [2.45, 2.75) is 17.8 Å². The third-order valence-corrected chi connectivity index (χ3v) is 4.90. The fourth-order valence-electron chi connectivity index (χ4n) is 3.32. The van der Waals surface area contributed by atoms with E-state index < -0.39 is 23.7 Å². The summed E-state index contributed by atoms with van der Waals surface area (Å²) < 4.78 is 29.7. The second-order valence-electron chi connectivity index (χ2n) is 7.13. The largest absolute Gasteiger partial charge is 0.487 e. The first-order chi connectivity index (χ1) is 15.2. The number of nitrogens with one attached hydrogen (secondary N) is 2. The summed E-state index contributed by atoms with van der Waals surface area (Å²) in [6.45, 7) is 0.382. The van der Waals surface area contributed by atoms with Gasteiger partial charge in [0, 0.05) is 48.3 Å². The highest BCUT2D eigenvalue weighted by Gasteiger charge is 2.32. The number of H-pyrrole nitrogens is 1. The second kappa shape index (κ2) is 8.69. The van der Waals surface area contributed by atoms with Crippen LogP contribution >= 0.6 is 11.6 Å². The summed E-state index contributed by atoms with van der Waals surface area (Å²) in [7, 11) is 0. The Morgan fingerprint density at radius 3 is 2.50 bits per heavy atom. The van der Waals surface area contributed by atoms with Crippen molar-refractivity contribution in [2.75, 3.05) is 23.3 Å². The van der Waals surface area contributed by atoms with Gasteiger partial charge in [-0.25, -0.2) is 4.98 Å². The van der Waals surface area contributed by atoms with Crippen molar-refractivity contribution in [3.63, 3.8) is 0 Å². The van der Waals surface area contributed by atoms with Crippen LogP contribution in [0, 0.1) is 0 Å². The third kappa shape index (κ3) is 4.96. The van der Waals surface area contributed by atoms with Crippen molar-refractivity contribution in [3.05, 3.63) is 54.4 Å². The zero-order valence-electron chi connectivity index (χ0n) is 16.4. The van der Waals surface area contributed by atoms with Crippen LogP contribution in [0.4, 0.5) is 20.3 Å². The predicted octanol–water partition coefficient (Wildman–Crippen LogP) is 2.43. The molecule has 4 N–H and O–H groups in total. The standard InChI is InChI=1S/C20H18ClF2N5O4/c21-20(22,23)32-13-3-1-12(2-4-13)26-19(31)11-7-14(15-5-6-25-27-15)18(24-8-11)28-9-16(29)17(30)10-28/h1-8,16-17,29-30H,9-10H2,(H,25,27)(H,26,31)/t16-,17-/m0/s1. The molecular formula is C20H18ClF2N5O4. The molecule has 1 aromatic carbocycles. The van der Waals surface area contributed by atoms with Gasteiger partial charge in [-0.15, -0.1) is 8.78 Å². The summed E-state index contributed by atoms with van der Waals surface area (Å²) in [5.41, 5.74) is -2.10. The summed E-state index contributed by atoms with van der Waals surface area (Å²) in [5, 5.41) is 29.2. The van der Waals surface area contributed by atoms with Gasteiger partial charge >= 0.3 is 5.57 Å². The number of rotatable bonds is 6. The van der Waals surface area contributed by atoms with Crippen molar-refractivity contribution >= 4 is 29.0 Å². The van der Waals surface area contributed by atoms with Crippen molar-refractivity contribution in [3.8, 4) is 17.0 Å². The molecule has 9 nitrogen and oxygen atoms in total. The molecule has 0 saturated carbocycles. The number of carbonyl (C=O) groups is 1. The smallest absolute Gasteiger partial charge is 0.420 e. The summed E-state index contributed by atoms with van der Waals surface area (Å²) in [6.07, 6.45) is 1.11. The van der Waals surface area contributed by atoms with Gasteiger partial charge < -0.3 is 25.2 Å². The molecule has 1 fully saturated rings. The number of aromatic nitrogens is 3. The average Bonchev–Trinajstić information content (AvgIpc) is 3.38. The van der Waals surface area contributed by atoms with Crippen molar-refractivity contribution in [1.29, 1.82) is 0 Å². The number of nitrogens with zero attached hydrogens (tertiary/aromatic N) is 3. The van der Waals surface area contributed by atoms with Gasteiger partial charge in [-0.1, -0.05) is 0 Å². The normalized spacial score (nSPS) is 18.6. The Morgan fingerprint density at radius 1 is 1.22 bits per heavy atom. The number of halogens is 3. The molecule has 3 heterocycles. The molecule has 0 bridgehead atoms. The molecule has 1 amide bonds. The van der Waals surface area contributed by atoms with E-state index in [9.17, 15) is 23.8 Å². The number of ether oxygens (including phenoxy) is 1. The van der Waals surface area contributed by atoms with Crippen LogP contribution in [0.3, 0.4) is 0 Å². The number of hydrogen-bond acceptors (Lipinski definition) is 7. The number of benzene rings is 1. The van der Waals surface area contributed by atoms with Crippen LogP contribution in [0.25, 0.3) is 11.3 Å². The lowest BCUT2D eigenvalue weighted by Crippen LogP contribution is -2.23. The number of pyridine rings is 1. The van der Waals surface area contributed by atoms with Crippen LogP contribution in [-0.2, 0) is 0 Å². The molecule has 1 aliphatic rings. The minimum atomic E-state index is -3.83. The Morgan fingerprint density at radius 2 is 1.91 bits per heavy atom. The van der Waals surface area contributed by atoms with Crippen LogP contribution in [0.5, 0.6) is 5.75 Å². The average molecular weight is 466 g/mol. The zero-order valence-corrected chi connectivity index (χ0v) is 17.1. The minimum Gasteiger partial charge on any atom is -0.420 e. The number of aromatic amines is 1. The van der Waals surface area contributed by atoms with E-state index in [1.54, 1.807) is 23.2 Å². The Labute approximate surface area is 185 Å². The highest BCUT2D eigenvalue weighted by atomic mass is 35.5. The Kier molecular flexibility index (Phi) is 5.96. The van der Waals surface area contributed by atoms with Crippen molar-refractivity contribution < 1.29 is 28.5 Å². The van der Waals surface area contributed by atoms with Crippen LogP contribution in [0.2, 0.25) is 0 Å². The van der Waals surface area contributed by atoms with E-state index in [1.165, 1.54) is 30.5 Å². The van der Waals surface area contributed by atoms with Gasteiger partial charge in [0.2, 0.25) is 0 Å². The van der Waals surface area contributed by atoms with E-state index in [1.807, 2.05) is 0 Å². The molecule has 168 valence electrons. The van der Waals surface area contributed by atoms with Gasteiger partial charge in [0.1, 0.15) is 11.6 Å². The molecule has 0 aliphatic carbocycles. The molecule has 2 aromatic heterocycles. The molecule has 12 heteroatoms. The van der Waals surface area contributed by atoms with E-state index in [4.69, 9.17) is 11.6 Å². The first-order valence-corrected chi connectivity index (χ1v) is 9.85.